The Balaban J connectivity index is 3.90. The first-order valence-electron chi connectivity index (χ1n) is 2.26. The van der Waals surface area contributed by atoms with Gasteiger partial charge in [0.2, 0.25) is 6.08 Å². The highest BCUT2D eigenvalue weighted by molar-refractivity contribution is 6.69. The van der Waals surface area contributed by atoms with Crippen molar-refractivity contribution in [2.75, 3.05) is 7.11 Å². The minimum atomic E-state index is -1.98. The molecule has 0 spiro atoms. The summed E-state index contributed by atoms with van der Waals surface area (Å²) in [5.41, 5.74) is 0. The Labute approximate surface area is 49.6 Å². The van der Waals surface area contributed by atoms with E-state index in [1.807, 2.05) is 13.1 Å². The van der Waals surface area contributed by atoms with Gasteiger partial charge in [0.15, 0.2) is 0 Å². The standard InChI is InChI=1S/C4H9NO2Si/c1-7-8(2,3)5-4-6/h1-3H3. The summed E-state index contributed by atoms with van der Waals surface area (Å²) in [5.74, 6) is 0. The molecule has 0 N–H and O–H groups in total. The molecule has 0 atom stereocenters. The maximum Gasteiger partial charge on any atom is 0.327 e. The molecule has 0 aliphatic heterocycles. The summed E-state index contributed by atoms with van der Waals surface area (Å²) in [7, 11) is -0.427. The van der Waals surface area contributed by atoms with Crippen LogP contribution in [0, 0.1) is 0 Å². The molecule has 4 heteroatoms. The van der Waals surface area contributed by atoms with E-state index < -0.39 is 8.48 Å². The molecule has 0 fully saturated rings. The zero-order valence-corrected chi connectivity index (χ0v) is 6.26. The topological polar surface area (TPSA) is 38.7 Å². The number of isocyanates is 1. The van der Waals surface area contributed by atoms with E-state index in [4.69, 9.17) is 4.43 Å². The third-order valence-electron chi connectivity index (χ3n) is 0.814. The molecule has 0 saturated heterocycles. The van der Waals surface area contributed by atoms with Crippen molar-refractivity contribution in [3.8, 4) is 0 Å². The lowest BCUT2D eigenvalue weighted by Gasteiger charge is -2.08. The van der Waals surface area contributed by atoms with Gasteiger partial charge in [0.05, 0.1) is 0 Å². The highest BCUT2D eigenvalue weighted by Crippen LogP contribution is 2.00. The molecular formula is C4H9NO2Si. The fraction of sp³-hybridized carbons (Fsp3) is 0.750. The predicted molar refractivity (Wildman–Crippen MR) is 32.6 cm³/mol. The van der Waals surface area contributed by atoms with E-state index >= 15 is 0 Å². The van der Waals surface area contributed by atoms with Crippen LogP contribution in [0.2, 0.25) is 13.1 Å². The van der Waals surface area contributed by atoms with Gasteiger partial charge in [-0.2, -0.15) is 0 Å². The Bertz CT molecular complexity index is 117. The number of hydrogen-bond donors (Lipinski definition) is 0. The molecule has 0 aromatic heterocycles. The van der Waals surface area contributed by atoms with Crippen LogP contribution >= 0.6 is 0 Å². The fourth-order valence-electron chi connectivity index (χ4n) is 0.156. The fourth-order valence-corrected chi connectivity index (χ4v) is 0.467. The second kappa shape index (κ2) is 2.77. The van der Waals surface area contributed by atoms with Gasteiger partial charge in [-0.05, 0) is 13.1 Å². The van der Waals surface area contributed by atoms with Crippen LogP contribution in [0.3, 0.4) is 0 Å². The molecule has 0 aromatic carbocycles. The van der Waals surface area contributed by atoms with Crippen molar-refractivity contribution < 1.29 is 9.22 Å². The van der Waals surface area contributed by atoms with Gasteiger partial charge in [-0.1, -0.05) is 0 Å². The van der Waals surface area contributed by atoms with Gasteiger partial charge in [-0.25, -0.2) is 9.45 Å². The van der Waals surface area contributed by atoms with Crippen LogP contribution in [0.5, 0.6) is 0 Å². The summed E-state index contributed by atoms with van der Waals surface area (Å²) < 4.78 is 8.37. The summed E-state index contributed by atoms with van der Waals surface area (Å²) >= 11 is 0. The van der Waals surface area contributed by atoms with Crippen LogP contribution in [0.25, 0.3) is 0 Å². The monoisotopic (exact) mass is 131 g/mol. The van der Waals surface area contributed by atoms with E-state index in [-0.39, 0.29) is 0 Å². The quantitative estimate of drug-likeness (QED) is 0.314. The lowest BCUT2D eigenvalue weighted by Crippen LogP contribution is -2.25. The maximum atomic E-state index is 9.64. The lowest BCUT2D eigenvalue weighted by atomic mass is 11.7. The van der Waals surface area contributed by atoms with E-state index in [1.54, 1.807) is 7.11 Å². The van der Waals surface area contributed by atoms with Crippen molar-refractivity contribution in [2.45, 2.75) is 13.1 Å². The molecule has 3 nitrogen and oxygen atoms in total. The molecule has 0 radical (unpaired) electrons. The molecule has 0 rings (SSSR count). The van der Waals surface area contributed by atoms with Gasteiger partial charge in [0.1, 0.15) is 0 Å². The second-order valence-corrected chi connectivity index (χ2v) is 5.38. The highest BCUT2D eigenvalue weighted by Gasteiger charge is 2.18. The van der Waals surface area contributed by atoms with Gasteiger partial charge in [-0.15, -0.1) is 0 Å². The Kier molecular flexibility index (Phi) is 2.61. The second-order valence-electron chi connectivity index (χ2n) is 1.85. The van der Waals surface area contributed by atoms with Crippen LogP contribution in [0.15, 0.2) is 4.66 Å². The van der Waals surface area contributed by atoms with Gasteiger partial charge in [0.25, 0.3) is 0 Å². The average Bonchev–Trinajstić information content (AvgIpc) is 1.67. The molecule has 0 aliphatic rings. The van der Waals surface area contributed by atoms with Crippen molar-refractivity contribution in [2.24, 2.45) is 4.66 Å². The molecule has 0 saturated carbocycles. The first-order chi connectivity index (χ1) is 3.62. The summed E-state index contributed by atoms with van der Waals surface area (Å²) in [6.45, 7) is 3.63. The van der Waals surface area contributed by atoms with Gasteiger partial charge in [0, 0.05) is 7.11 Å². The van der Waals surface area contributed by atoms with Gasteiger partial charge < -0.3 is 4.43 Å². The van der Waals surface area contributed by atoms with Crippen LogP contribution < -0.4 is 0 Å². The summed E-state index contributed by atoms with van der Waals surface area (Å²) in [6, 6.07) is 0. The lowest BCUT2D eigenvalue weighted by molar-refractivity contribution is 0.406. The van der Waals surface area contributed by atoms with Gasteiger partial charge >= 0.3 is 8.48 Å². The Morgan fingerprint density at radius 1 is 1.62 bits per heavy atom. The van der Waals surface area contributed by atoms with Crippen LogP contribution in [0.1, 0.15) is 0 Å². The molecule has 0 bridgehead atoms. The van der Waals surface area contributed by atoms with Gasteiger partial charge in [-0.3, -0.25) is 0 Å². The minimum absolute atomic E-state index is 1.47. The zero-order valence-electron chi connectivity index (χ0n) is 5.26. The number of carbonyl (C=O) groups excluding carboxylic acids is 1. The third-order valence-corrected chi connectivity index (χ3v) is 2.44. The molecule has 8 heavy (non-hydrogen) atoms. The van der Waals surface area contributed by atoms with E-state index in [0.717, 1.165) is 0 Å². The molecule has 0 unspecified atom stereocenters. The SMILES string of the molecule is CO[Si](C)(C)N=C=O. The first-order valence-corrected chi connectivity index (χ1v) is 5.12. The summed E-state index contributed by atoms with van der Waals surface area (Å²) in [6.07, 6.45) is 1.47. The van der Waals surface area contributed by atoms with Crippen molar-refractivity contribution in [3.63, 3.8) is 0 Å². The van der Waals surface area contributed by atoms with E-state index in [0.29, 0.717) is 0 Å². The average molecular weight is 131 g/mol. The third kappa shape index (κ3) is 2.68. The van der Waals surface area contributed by atoms with E-state index in [9.17, 15) is 4.79 Å². The highest BCUT2D eigenvalue weighted by atomic mass is 28.4. The largest absolute Gasteiger partial charge is 0.401 e. The van der Waals surface area contributed by atoms with E-state index in [1.165, 1.54) is 6.08 Å². The molecule has 0 amide bonds. The first kappa shape index (κ1) is 7.56. The molecular weight excluding hydrogens is 122 g/mol. The maximum absolute atomic E-state index is 9.64. The number of nitrogens with zero attached hydrogens (tertiary/aromatic N) is 1. The number of hydrogen-bond acceptors (Lipinski definition) is 3. The predicted octanol–water partition coefficient (Wildman–Crippen LogP) is 0.670. The Morgan fingerprint density at radius 3 is 2.25 bits per heavy atom. The molecule has 0 heterocycles. The van der Waals surface area contributed by atoms with Crippen molar-refractivity contribution in [1.29, 1.82) is 0 Å². The summed E-state index contributed by atoms with van der Waals surface area (Å²) in [4.78, 5) is 9.64. The van der Waals surface area contributed by atoms with Crippen LogP contribution in [0.4, 0.5) is 0 Å². The van der Waals surface area contributed by atoms with Crippen molar-refractivity contribution >= 4 is 14.6 Å². The normalized spacial score (nSPS) is 10.4. The smallest absolute Gasteiger partial charge is 0.327 e. The van der Waals surface area contributed by atoms with E-state index in [2.05, 4.69) is 4.66 Å². The number of rotatable bonds is 2. The van der Waals surface area contributed by atoms with Crippen LogP contribution in [-0.2, 0) is 9.22 Å². The molecule has 0 aromatic rings. The van der Waals surface area contributed by atoms with Crippen molar-refractivity contribution in [3.05, 3.63) is 0 Å². The Hall–Kier alpha value is -0.443. The minimum Gasteiger partial charge on any atom is -0.401 e. The molecule has 0 aliphatic carbocycles. The molecule has 46 valence electrons. The van der Waals surface area contributed by atoms with Crippen molar-refractivity contribution in [1.82, 2.24) is 0 Å². The Morgan fingerprint density at radius 2 is 2.12 bits per heavy atom. The summed E-state index contributed by atoms with van der Waals surface area (Å²) in [5, 5.41) is 0. The zero-order chi connectivity index (χ0) is 6.62. The van der Waals surface area contributed by atoms with Crippen LogP contribution in [-0.4, -0.2) is 21.7 Å².